The number of anilines is 3. The fraction of sp³-hybridized carbons (Fsp3) is 0.283. The van der Waals surface area contributed by atoms with Crippen molar-refractivity contribution in [2.24, 2.45) is 0 Å². The van der Waals surface area contributed by atoms with Gasteiger partial charge in [0.1, 0.15) is 5.82 Å². The molecule has 0 saturated heterocycles. The van der Waals surface area contributed by atoms with Gasteiger partial charge in [0.25, 0.3) is 11.8 Å². The second-order valence-corrected chi connectivity index (χ2v) is 16.0. The Morgan fingerprint density at radius 2 is 1.09 bits per heavy atom. The predicted octanol–water partition coefficient (Wildman–Crippen LogP) is 9.54. The Morgan fingerprint density at radius 3 is 1.52 bits per heavy atom. The van der Waals surface area contributed by atoms with Gasteiger partial charge in [0.05, 0.1) is 12.1 Å². The summed E-state index contributed by atoms with van der Waals surface area (Å²) in [6.45, 7) is 12.2. The van der Waals surface area contributed by atoms with Crippen LogP contribution in [0.5, 0.6) is 0 Å². The number of carbonyl (C=O) groups is 4. The number of fused-ring (bicyclic) bond motifs is 2. The van der Waals surface area contributed by atoms with Crippen molar-refractivity contribution in [3.63, 3.8) is 0 Å². The molecule has 0 aliphatic heterocycles. The van der Waals surface area contributed by atoms with Crippen molar-refractivity contribution >= 4 is 52.8 Å². The molecule has 2 aliphatic rings. The minimum Gasteiger partial charge on any atom is -0.478 e. The molecule has 0 bridgehead atoms. The number of hydrogen-bond acceptors (Lipinski definition) is 7. The van der Waals surface area contributed by atoms with Crippen molar-refractivity contribution in [3.05, 3.63) is 171 Å². The third-order valence-corrected chi connectivity index (χ3v) is 12.0. The highest BCUT2D eigenvalue weighted by atomic mass is 19.1. The Hall–Kier alpha value is -7.01. The van der Waals surface area contributed by atoms with E-state index in [9.17, 15) is 23.6 Å². The average molecular weight is 864 g/mol. The second-order valence-electron chi connectivity index (χ2n) is 16.0. The third kappa shape index (κ3) is 11.9. The minimum absolute atomic E-state index is 0.0116. The molecule has 0 aromatic heterocycles. The van der Waals surface area contributed by atoms with Gasteiger partial charge in [-0.15, -0.1) is 0 Å². The highest BCUT2D eigenvalue weighted by Gasteiger charge is 2.26. The number of nitrogens with two attached hydrogens (primary N) is 1. The number of benzene rings is 5. The van der Waals surface area contributed by atoms with Gasteiger partial charge in [-0.05, 0) is 165 Å². The summed E-state index contributed by atoms with van der Waals surface area (Å²) < 4.78 is 13.2. The first-order valence-corrected chi connectivity index (χ1v) is 22.1. The van der Waals surface area contributed by atoms with E-state index in [0.717, 1.165) is 97.1 Å². The van der Waals surface area contributed by atoms with E-state index >= 15 is 0 Å². The molecule has 2 atom stereocenters. The van der Waals surface area contributed by atoms with Gasteiger partial charge in [0.15, 0.2) is 5.78 Å². The molecule has 0 saturated carbocycles. The Kier molecular flexibility index (Phi) is 15.9. The molecule has 0 radical (unpaired) electrons. The third-order valence-electron chi connectivity index (χ3n) is 12.0. The summed E-state index contributed by atoms with van der Waals surface area (Å²) in [7, 11) is 0. The van der Waals surface area contributed by atoms with Crippen molar-refractivity contribution in [2.75, 3.05) is 41.7 Å². The molecule has 0 spiro atoms. The summed E-state index contributed by atoms with van der Waals surface area (Å²) in [5, 5.41) is 15.1. The minimum atomic E-state index is -0.961. The summed E-state index contributed by atoms with van der Waals surface area (Å²) >= 11 is 0. The molecule has 64 heavy (non-hydrogen) atoms. The fourth-order valence-electron chi connectivity index (χ4n) is 8.42. The van der Waals surface area contributed by atoms with Crippen LogP contribution in [-0.4, -0.2) is 54.9 Å². The van der Waals surface area contributed by atoms with Gasteiger partial charge >= 0.3 is 5.97 Å². The molecule has 5 aromatic rings. The number of ketones is 1. The monoisotopic (exact) mass is 863 g/mol. The molecule has 10 nitrogen and oxygen atoms in total. The van der Waals surface area contributed by atoms with Crippen LogP contribution in [0.1, 0.15) is 112 Å². The van der Waals surface area contributed by atoms with Crippen LogP contribution in [0, 0.1) is 5.82 Å². The highest BCUT2D eigenvalue weighted by molar-refractivity contribution is 5.96. The van der Waals surface area contributed by atoms with Crippen molar-refractivity contribution in [1.29, 1.82) is 0 Å². The molecule has 2 amide bonds. The highest BCUT2D eigenvalue weighted by Crippen LogP contribution is 2.34. The van der Waals surface area contributed by atoms with E-state index in [1.807, 2.05) is 78.9 Å². The number of nitrogen functional groups attached to an aromatic ring is 1. The van der Waals surface area contributed by atoms with Crippen LogP contribution in [0.2, 0.25) is 0 Å². The molecule has 0 heterocycles. The number of carbonyl (C=O) groups excluding carboxylic acids is 3. The zero-order chi connectivity index (χ0) is 45.8. The van der Waals surface area contributed by atoms with Crippen LogP contribution in [-0.2, 0) is 28.9 Å². The summed E-state index contributed by atoms with van der Waals surface area (Å²) in [5.74, 6) is -1.63. The first-order valence-electron chi connectivity index (χ1n) is 22.1. The summed E-state index contributed by atoms with van der Waals surface area (Å²) in [5.41, 5.74) is 16.6. The molecule has 2 aliphatic carbocycles. The van der Waals surface area contributed by atoms with E-state index in [0.29, 0.717) is 16.7 Å². The van der Waals surface area contributed by atoms with Crippen LogP contribution in [0.4, 0.5) is 21.5 Å². The second kappa shape index (κ2) is 21.9. The zero-order valence-electron chi connectivity index (χ0n) is 37.1. The maximum Gasteiger partial charge on any atom is 0.328 e. The molecule has 332 valence electrons. The van der Waals surface area contributed by atoms with E-state index in [1.54, 1.807) is 18.2 Å². The van der Waals surface area contributed by atoms with Crippen LogP contribution in [0.15, 0.2) is 115 Å². The van der Waals surface area contributed by atoms with E-state index in [-0.39, 0.29) is 41.8 Å². The van der Waals surface area contributed by atoms with E-state index < -0.39 is 11.8 Å². The van der Waals surface area contributed by atoms with Gasteiger partial charge < -0.3 is 31.3 Å². The first-order chi connectivity index (χ1) is 30.9. The number of carboxylic acids is 1. The maximum absolute atomic E-state index is 13.2. The zero-order valence-corrected chi connectivity index (χ0v) is 37.1. The van der Waals surface area contributed by atoms with E-state index in [4.69, 9.17) is 10.8 Å². The average Bonchev–Trinajstić information content (AvgIpc) is 3.90. The lowest BCUT2D eigenvalue weighted by Crippen LogP contribution is -2.27. The Balaban J connectivity index is 0.000000219. The van der Waals surface area contributed by atoms with Gasteiger partial charge in [-0.1, -0.05) is 48.5 Å². The van der Waals surface area contributed by atoms with Crippen LogP contribution in [0.3, 0.4) is 0 Å². The number of aryl methyl sites for hydroxylation is 2. The Morgan fingerprint density at radius 1 is 0.641 bits per heavy atom. The Bertz CT molecular complexity index is 2510. The first kappa shape index (κ1) is 46.5. The maximum atomic E-state index is 13.2. The largest absolute Gasteiger partial charge is 0.478 e. The van der Waals surface area contributed by atoms with Crippen molar-refractivity contribution in [3.8, 4) is 0 Å². The van der Waals surface area contributed by atoms with Gasteiger partial charge in [-0.25, -0.2) is 9.18 Å². The van der Waals surface area contributed by atoms with Crippen molar-refractivity contribution in [1.82, 2.24) is 10.6 Å². The normalized spacial score (nSPS) is 15.0. The number of amides is 2. The number of allylic oxidation sites excluding steroid dienone is 1. The lowest BCUT2D eigenvalue weighted by Gasteiger charge is -2.21. The topological polar surface area (TPSA) is 145 Å². The molecule has 0 fully saturated rings. The van der Waals surface area contributed by atoms with Crippen LogP contribution >= 0.6 is 0 Å². The Labute approximate surface area is 375 Å². The van der Waals surface area contributed by atoms with E-state index in [2.05, 4.69) is 54.2 Å². The van der Waals surface area contributed by atoms with Crippen LogP contribution < -0.4 is 26.2 Å². The smallest absolute Gasteiger partial charge is 0.328 e. The van der Waals surface area contributed by atoms with Gasteiger partial charge in [0, 0.05) is 66.9 Å². The number of rotatable bonds is 16. The fourth-order valence-corrected chi connectivity index (χ4v) is 8.42. The molecule has 5 aromatic carbocycles. The number of aliphatic carboxylic acids is 1. The molecule has 7 rings (SSSR count). The number of nitrogens with one attached hydrogen (secondary N) is 2. The lowest BCUT2D eigenvalue weighted by molar-refractivity contribution is -0.131. The molecule has 2 unspecified atom stereocenters. The van der Waals surface area contributed by atoms with E-state index in [1.165, 1.54) is 23.8 Å². The number of halogens is 1. The summed E-state index contributed by atoms with van der Waals surface area (Å²) in [6, 6.07) is 31.4. The lowest BCUT2D eigenvalue weighted by atomic mass is 10.0. The summed E-state index contributed by atoms with van der Waals surface area (Å²) in [4.78, 5) is 53.1. The van der Waals surface area contributed by atoms with Gasteiger partial charge in [0.2, 0.25) is 0 Å². The molecular weight excluding hydrogens is 806 g/mol. The number of carboxylic acid groups (broad SMARTS) is 1. The van der Waals surface area contributed by atoms with Gasteiger partial charge in [-0.2, -0.15) is 0 Å². The quantitative estimate of drug-likeness (QED) is 0.0567. The van der Waals surface area contributed by atoms with Crippen molar-refractivity contribution in [2.45, 2.75) is 71.9 Å². The number of hydrogen-bond donors (Lipinski definition) is 4. The van der Waals surface area contributed by atoms with Crippen molar-refractivity contribution < 1.29 is 28.7 Å². The summed E-state index contributed by atoms with van der Waals surface area (Å²) in [6.07, 6.45) is 9.59. The van der Waals surface area contributed by atoms with Crippen LogP contribution in [0.25, 0.3) is 12.2 Å². The molecular formula is C53H58FN5O5. The predicted molar refractivity (Wildman–Crippen MR) is 255 cm³/mol. The molecule has 11 heteroatoms. The standard InChI is InChI=1S/C30H32FN3O2.C23H26N2O3/c1-3-34(4-2)25-12-8-21(9-13-25)30(36)33-29-16-10-22-17-20(6-15-27(22)29)5-14-26(35)18-23-7-11-24(31)19-28(23)32;1-3-25(4-2)19-10-7-17(8-11-19)23(28)24-21-13-9-18-15-16(5-12-20(18)21)6-14-22(26)27/h5-9,11-15,17,19,29H,3-4,10,16,18,32H2,1-2H3,(H,33,36);5-8,10-12,14-15,21H,3-4,9,13H2,1-2H3,(H,24,28)(H,26,27)/b14-5+;14-6+. The number of nitrogens with zero attached hydrogens (tertiary/aromatic N) is 2. The van der Waals surface area contributed by atoms with Gasteiger partial charge in [-0.3, -0.25) is 14.4 Å². The molecule has 5 N–H and O–H groups in total. The SMILES string of the molecule is CCN(CC)c1ccc(C(=O)NC2CCc3cc(/C=C/C(=O)Cc4ccc(F)cc4N)ccc32)cc1.CCN(CC)c1ccc(C(=O)NC2CCc3cc(/C=C/C(=O)O)ccc32)cc1.